The van der Waals surface area contributed by atoms with Crippen molar-refractivity contribution in [1.82, 2.24) is 20.2 Å². The van der Waals surface area contributed by atoms with E-state index in [0.717, 1.165) is 27.8 Å². The van der Waals surface area contributed by atoms with Crippen molar-refractivity contribution >= 4 is 34.2 Å². The molecule has 5 rings (SSSR count). The number of rotatable bonds is 5. The number of hydrogen-bond acceptors (Lipinski definition) is 4. The molecule has 0 saturated carbocycles. The van der Waals surface area contributed by atoms with Gasteiger partial charge in [0.2, 0.25) is 11.8 Å². The Bertz CT molecular complexity index is 1340. The number of amides is 2. The number of imidazole rings is 1. The van der Waals surface area contributed by atoms with Crippen LogP contribution in [0.1, 0.15) is 31.9 Å². The molecular weight excluding hydrogens is 404 g/mol. The fraction of sp³-hybridized carbons (Fsp3) is 0.250. The highest BCUT2D eigenvalue weighted by Crippen LogP contribution is 2.43. The predicted octanol–water partition coefficient (Wildman–Crippen LogP) is 3.78. The van der Waals surface area contributed by atoms with Crippen molar-refractivity contribution in [3.8, 4) is 11.5 Å². The second kappa shape index (κ2) is 7.33. The summed E-state index contributed by atoms with van der Waals surface area (Å²) in [5.74, 6) is 0.538. The Labute approximate surface area is 185 Å². The summed E-state index contributed by atoms with van der Waals surface area (Å²) in [6, 6.07) is 13.5. The molecule has 1 aliphatic rings. The van der Waals surface area contributed by atoms with Crippen LogP contribution in [0.25, 0.3) is 22.6 Å². The van der Waals surface area contributed by atoms with E-state index >= 15 is 0 Å². The molecule has 4 aromatic rings. The molecule has 0 unspecified atom stereocenters. The standard InChI is InChI=1S/C24H24N6O2/c1-4-30-19-12-17-16(11-15(19)24(2,3)23(30)32)27-22(28-17)21-18(13-25-29-21)26-20(31)10-14-8-6-5-7-9-14/h5-9,11-13H,4,10H2,1-3H3,(H,25,29)(H,26,31)(H,27,28). The number of aromatic amines is 2. The molecule has 0 radical (unpaired) electrons. The van der Waals surface area contributed by atoms with E-state index in [1.807, 2.05) is 63.2 Å². The zero-order valence-corrected chi connectivity index (χ0v) is 18.2. The minimum atomic E-state index is -0.588. The second-order valence-electron chi connectivity index (χ2n) is 8.52. The molecule has 0 fully saturated rings. The van der Waals surface area contributed by atoms with Gasteiger partial charge in [0, 0.05) is 6.54 Å². The summed E-state index contributed by atoms with van der Waals surface area (Å²) < 4.78 is 0. The van der Waals surface area contributed by atoms with Gasteiger partial charge >= 0.3 is 0 Å². The Morgan fingerprint density at radius 1 is 1.19 bits per heavy atom. The van der Waals surface area contributed by atoms with Crippen molar-refractivity contribution in [3.05, 3.63) is 59.8 Å². The first-order chi connectivity index (χ1) is 15.4. The average Bonchev–Trinajstić information content (AvgIpc) is 3.44. The van der Waals surface area contributed by atoms with Crippen molar-refractivity contribution in [3.63, 3.8) is 0 Å². The van der Waals surface area contributed by atoms with Gasteiger partial charge < -0.3 is 15.2 Å². The van der Waals surface area contributed by atoms with Gasteiger partial charge in [0.1, 0.15) is 5.69 Å². The van der Waals surface area contributed by atoms with E-state index in [0.29, 0.717) is 23.8 Å². The first-order valence-corrected chi connectivity index (χ1v) is 10.6. The third-order valence-electron chi connectivity index (χ3n) is 6.02. The van der Waals surface area contributed by atoms with Crippen LogP contribution in [0.15, 0.2) is 48.7 Å². The number of anilines is 2. The van der Waals surface area contributed by atoms with Crippen LogP contribution in [0.4, 0.5) is 11.4 Å². The van der Waals surface area contributed by atoms with Gasteiger partial charge in [0.15, 0.2) is 5.82 Å². The van der Waals surface area contributed by atoms with Crippen LogP contribution in [0.3, 0.4) is 0 Å². The fourth-order valence-electron chi connectivity index (χ4n) is 4.30. The van der Waals surface area contributed by atoms with Crippen molar-refractivity contribution < 1.29 is 9.59 Å². The van der Waals surface area contributed by atoms with E-state index in [-0.39, 0.29) is 18.2 Å². The lowest BCUT2D eigenvalue weighted by molar-refractivity contribution is -0.122. The fourth-order valence-corrected chi connectivity index (χ4v) is 4.30. The van der Waals surface area contributed by atoms with Crippen molar-refractivity contribution in [2.45, 2.75) is 32.6 Å². The number of aromatic nitrogens is 4. The van der Waals surface area contributed by atoms with Gasteiger partial charge in [0.05, 0.1) is 40.4 Å². The summed E-state index contributed by atoms with van der Waals surface area (Å²) in [6.45, 7) is 6.47. The van der Waals surface area contributed by atoms with E-state index in [4.69, 9.17) is 4.98 Å². The minimum absolute atomic E-state index is 0.0971. The molecule has 8 heteroatoms. The molecule has 2 aromatic carbocycles. The van der Waals surface area contributed by atoms with Crippen molar-refractivity contribution in [2.75, 3.05) is 16.8 Å². The van der Waals surface area contributed by atoms with E-state index in [1.165, 1.54) is 0 Å². The number of H-pyrrole nitrogens is 2. The summed E-state index contributed by atoms with van der Waals surface area (Å²) in [6.07, 6.45) is 1.85. The number of carbonyl (C=O) groups is 2. The lowest BCUT2D eigenvalue weighted by Crippen LogP contribution is -2.35. The molecule has 162 valence electrons. The zero-order chi connectivity index (χ0) is 22.5. The molecule has 1 aliphatic heterocycles. The topological polar surface area (TPSA) is 107 Å². The molecule has 3 heterocycles. The predicted molar refractivity (Wildman–Crippen MR) is 124 cm³/mol. The molecule has 32 heavy (non-hydrogen) atoms. The van der Waals surface area contributed by atoms with Gasteiger partial charge in [0.25, 0.3) is 0 Å². The first kappa shape index (κ1) is 20.0. The third-order valence-corrected chi connectivity index (χ3v) is 6.02. The SMILES string of the molecule is CCN1C(=O)C(C)(C)c2cc3[nH]c(-c4[nH]ncc4NC(=O)Cc4ccccc4)nc3cc21. The summed E-state index contributed by atoms with van der Waals surface area (Å²) in [5.41, 5.74) is 4.96. The van der Waals surface area contributed by atoms with E-state index in [2.05, 4.69) is 20.5 Å². The largest absolute Gasteiger partial charge is 0.337 e. The summed E-state index contributed by atoms with van der Waals surface area (Å²) in [5, 5.41) is 9.94. The Hall–Kier alpha value is -3.94. The Morgan fingerprint density at radius 2 is 1.97 bits per heavy atom. The molecule has 8 nitrogen and oxygen atoms in total. The van der Waals surface area contributed by atoms with E-state index in [1.54, 1.807) is 11.1 Å². The van der Waals surface area contributed by atoms with Crippen molar-refractivity contribution in [2.24, 2.45) is 0 Å². The van der Waals surface area contributed by atoms with Gasteiger partial charge in [-0.1, -0.05) is 30.3 Å². The van der Waals surface area contributed by atoms with Gasteiger partial charge in [-0.3, -0.25) is 14.7 Å². The molecule has 3 N–H and O–H groups in total. The quantitative estimate of drug-likeness (QED) is 0.450. The number of nitrogens with zero attached hydrogens (tertiary/aromatic N) is 3. The Kier molecular flexibility index (Phi) is 4.58. The monoisotopic (exact) mass is 428 g/mol. The van der Waals surface area contributed by atoms with Crippen molar-refractivity contribution in [1.29, 1.82) is 0 Å². The number of nitrogens with one attached hydrogen (secondary N) is 3. The second-order valence-corrected chi connectivity index (χ2v) is 8.52. The maximum atomic E-state index is 12.8. The number of likely N-dealkylation sites (N-methyl/N-ethyl adjacent to an activating group) is 1. The first-order valence-electron chi connectivity index (χ1n) is 10.6. The minimum Gasteiger partial charge on any atom is -0.337 e. The zero-order valence-electron chi connectivity index (χ0n) is 18.2. The van der Waals surface area contributed by atoms with E-state index in [9.17, 15) is 9.59 Å². The van der Waals surface area contributed by atoms with Gasteiger partial charge in [-0.15, -0.1) is 0 Å². The lowest BCUT2D eigenvalue weighted by Gasteiger charge is -2.18. The highest BCUT2D eigenvalue weighted by Gasteiger charge is 2.43. The number of fused-ring (bicyclic) bond motifs is 2. The molecule has 0 bridgehead atoms. The molecule has 2 aromatic heterocycles. The lowest BCUT2D eigenvalue weighted by atomic mass is 9.86. The Balaban J connectivity index is 1.46. The van der Waals surface area contributed by atoms with Gasteiger partial charge in [-0.25, -0.2) is 4.98 Å². The summed E-state index contributed by atoms with van der Waals surface area (Å²) >= 11 is 0. The highest BCUT2D eigenvalue weighted by atomic mass is 16.2. The molecule has 0 saturated heterocycles. The molecule has 2 amide bonds. The maximum absolute atomic E-state index is 12.8. The smallest absolute Gasteiger partial charge is 0.237 e. The number of carbonyl (C=O) groups excluding carboxylic acids is 2. The maximum Gasteiger partial charge on any atom is 0.237 e. The van der Waals surface area contributed by atoms with Crippen LogP contribution in [0.2, 0.25) is 0 Å². The highest BCUT2D eigenvalue weighted by molar-refractivity contribution is 6.09. The average molecular weight is 428 g/mol. The molecule has 0 aliphatic carbocycles. The van der Waals surface area contributed by atoms with Crippen LogP contribution in [-0.2, 0) is 21.4 Å². The summed E-state index contributed by atoms with van der Waals surface area (Å²) in [7, 11) is 0. The number of hydrogen-bond donors (Lipinski definition) is 3. The summed E-state index contributed by atoms with van der Waals surface area (Å²) in [4.78, 5) is 35.1. The van der Waals surface area contributed by atoms with Crippen LogP contribution in [0, 0.1) is 0 Å². The van der Waals surface area contributed by atoms with Crippen LogP contribution in [0.5, 0.6) is 0 Å². The Morgan fingerprint density at radius 3 is 2.72 bits per heavy atom. The number of benzene rings is 2. The van der Waals surface area contributed by atoms with E-state index < -0.39 is 5.41 Å². The molecule has 0 spiro atoms. The van der Waals surface area contributed by atoms with Gasteiger partial charge in [-0.2, -0.15) is 5.10 Å². The molecular formula is C24H24N6O2. The van der Waals surface area contributed by atoms with Crippen LogP contribution >= 0.6 is 0 Å². The van der Waals surface area contributed by atoms with Gasteiger partial charge in [-0.05, 0) is 44.0 Å². The molecule has 0 atom stereocenters. The third kappa shape index (κ3) is 3.15. The van der Waals surface area contributed by atoms with Crippen LogP contribution < -0.4 is 10.2 Å². The van der Waals surface area contributed by atoms with Crippen LogP contribution in [-0.4, -0.2) is 38.5 Å². The normalized spacial score (nSPS) is 14.7.